The minimum absolute atomic E-state index is 0.278. The Morgan fingerprint density at radius 1 is 1.18 bits per heavy atom. The van der Waals surface area contributed by atoms with Gasteiger partial charge in [-0.1, -0.05) is 12.1 Å². The van der Waals surface area contributed by atoms with Gasteiger partial charge < -0.3 is 4.79 Å². The van der Waals surface area contributed by atoms with E-state index in [2.05, 4.69) is 0 Å². The molecule has 0 atom stereocenters. The molecule has 0 bridgehead atoms. The van der Waals surface area contributed by atoms with E-state index < -0.39 is 9.84 Å². The Bertz CT molecular complexity index is 484. The predicted octanol–water partition coefficient (Wildman–Crippen LogP) is 2.00. The summed E-state index contributed by atoms with van der Waals surface area (Å²) >= 11 is 0. The zero-order valence-electron chi connectivity index (χ0n) is 9.63. The summed E-state index contributed by atoms with van der Waals surface area (Å²) in [5.41, 5.74) is 1.00. The number of carbonyl (C=O) groups is 1. The van der Waals surface area contributed by atoms with Crippen molar-refractivity contribution in [3.63, 3.8) is 0 Å². The summed E-state index contributed by atoms with van der Waals surface area (Å²) in [7, 11) is -3.10. The van der Waals surface area contributed by atoms with E-state index in [-0.39, 0.29) is 5.75 Å². The number of hydrogen-bond acceptors (Lipinski definition) is 3. The van der Waals surface area contributed by atoms with E-state index in [9.17, 15) is 13.2 Å². The molecule has 17 heavy (non-hydrogen) atoms. The molecule has 1 aliphatic rings. The van der Waals surface area contributed by atoms with Gasteiger partial charge in [0.2, 0.25) is 0 Å². The molecule has 3 nitrogen and oxygen atoms in total. The van der Waals surface area contributed by atoms with Gasteiger partial charge in [-0.2, -0.15) is 0 Å². The number of rotatable bonds is 6. The van der Waals surface area contributed by atoms with Crippen molar-refractivity contribution in [2.24, 2.45) is 5.92 Å². The first-order valence-electron chi connectivity index (χ1n) is 5.87. The molecule has 1 aliphatic carbocycles. The Morgan fingerprint density at radius 3 is 2.35 bits per heavy atom. The molecule has 4 heteroatoms. The van der Waals surface area contributed by atoms with Gasteiger partial charge in [-0.3, -0.25) is 0 Å². The number of hydrogen-bond donors (Lipinski definition) is 0. The highest BCUT2D eigenvalue weighted by Gasteiger charge is 2.28. The van der Waals surface area contributed by atoms with Crippen LogP contribution in [0.25, 0.3) is 0 Å². The summed E-state index contributed by atoms with van der Waals surface area (Å²) in [6.07, 6.45) is 4.10. The molecule has 0 spiro atoms. The smallest absolute Gasteiger partial charge is 0.178 e. The van der Waals surface area contributed by atoms with Gasteiger partial charge >= 0.3 is 0 Å². The number of aldehydes is 1. The third-order valence-electron chi connectivity index (χ3n) is 2.99. The van der Waals surface area contributed by atoms with E-state index in [1.165, 1.54) is 0 Å². The molecule has 0 N–H and O–H groups in total. The maximum atomic E-state index is 12.0. The van der Waals surface area contributed by atoms with E-state index in [4.69, 9.17) is 0 Å². The lowest BCUT2D eigenvalue weighted by atomic mass is 10.1. The highest BCUT2D eigenvalue weighted by Crippen LogP contribution is 2.32. The molecule has 1 fully saturated rings. The summed E-state index contributed by atoms with van der Waals surface area (Å²) in [6.45, 7) is 0. The number of benzene rings is 1. The number of carbonyl (C=O) groups excluding carboxylic acids is 1. The monoisotopic (exact) mass is 252 g/mol. The highest BCUT2D eigenvalue weighted by molar-refractivity contribution is 7.91. The van der Waals surface area contributed by atoms with E-state index >= 15 is 0 Å². The normalized spacial score (nSPS) is 15.8. The van der Waals surface area contributed by atoms with Crippen LogP contribution in [0.3, 0.4) is 0 Å². The fourth-order valence-electron chi connectivity index (χ4n) is 1.78. The molecule has 0 aliphatic heterocycles. The van der Waals surface area contributed by atoms with E-state index in [1.807, 2.05) is 0 Å². The summed E-state index contributed by atoms with van der Waals surface area (Å²) < 4.78 is 23.9. The van der Waals surface area contributed by atoms with Crippen LogP contribution in [0.4, 0.5) is 0 Å². The first-order valence-corrected chi connectivity index (χ1v) is 7.52. The number of aryl methyl sites for hydroxylation is 1. The minimum atomic E-state index is -3.10. The maximum absolute atomic E-state index is 12.0. The van der Waals surface area contributed by atoms with Crippen LogP contribution in [0.15, 0.2) is 29.2 Å². The quantitative estimate of drug-likeness (QED) is 0.728. The molecule has 2 rings (SSSR count). The predicted molar refractivity (Wildman–Crippen MR) is 65.6 cm³/mol. The van der Waals surface area contributed by atoms with Crippen molar-refractivity contribution in [2.75, 3.05) is 5.75 Å². The van der Waals surface area contributed by atoms with Crippen molar-refractivity contribution < 1.29 is 13.2 Å². The second-order valence-corrected chi connectivity index (χ2v) is 6.61. The lowest BCUT2D eigenvalue weighted by molar-refractivity contribution is -0.107. The van der Waals surface area contributed by atoms with E-state index in [1.54, 1.807) is 24.3 Å². The van der Waals surface area contributed by atoms with Crippen molar-refractivity contribution in [2.45, 2.75) is 30.6 Å². The summed E-state index contributed by atoms with van der Waals surface area (Å²) in [6, 6.07) is 6.89. The van der Waals surface area contributed by atoms with Crippen molar-refractivity contribution >= 4 is 16.1 Å². The van der Waals surface area contributed by atoms with E-state index in [0.717, 1.165) is 24.7 Å². The Morgan fingerprint density at radius 2 is 1.82 bits per heavy atom. The molecule has 0 amide bonds. The third-order valence-corrected chi connectivity index (χ3v) is 4.89. The van der Waals surface area contributed by atoms with Gasteiger partial charge in [0, 0.05) is 6.42 Å². The average molecular weight is 252 g/mol. The molecule has 92 valence electrons. The second-order valence-electron chi connectivity index (χ2n) is 4.57. The Kier molecular flexibility index (Phi) is 3.62. The Hall–Kier alpha value is -1.16. The van der Waals surface area contributed by atoms with Crippen molar-refractivity contribution in [1.29, 1.82) is 0 Å². The zero-order chi connectivity index (χ0) is 12.3. The highest BCUT2D eigenvalue weighted by atomic mass is 32.2. The minimum Gasteiger partial charge on any atom is -0.303 e. The Labute approximate surface area is 102 Å². The molecule has 1 aromatic rings. The van der Waals surface area contributed by atoms with Crippen molar-refractivity contribution in [3.05, 3.63) is 29.8 Å². The zero-order valence-corrected chi connectivity index (χ0v) is 10.4. The molecule has 1 aromatic carbocycles. The van der Waals surface area contributed by atoms with Crippen LogP contribution in [0, 0.1) is 5.92 Å². The van der Waals surface area contributed by atoms with Gasteiger partial charge in [0.25, 0.3) is 0 Å². The molecular weight excluding hydrogens is 236 g/mol. The van der Waals surface area contributed by atoms with Crippen LogP contribution in [-0.2, 0) is 21.1 Å². The second kappa shape index (κ2) is 5.00. The molecule has 0 radical (unpaired) electrons. The molecule has 0 heterocycles. The van der Waals surface area contributed by atoms with Gasteiger partial charge in [-0.05, 0) is 42.9 Å². The summed E-state index contributed by atoms with van der Waals surface area (Å²) in [4.78, 5) is 10.6. The largest absolute Gasteiger partial charge is 0.303 e. The average Bonchev–Trinajstić information content (AvgIpc) is 3.10. The van der Waals surface area contributed by atoms with Crippen molar-refractivity contribution in [3.8, 4) is 0 Å². The fraction of sp³-hybridized carbons (Fsp3) is 0.462. The lowest BCUT2D eigenvalue weighted by Gasteiger charge is -2.04. The fourth-order valence-corrected chi connectivity index (χ4v) is 3.48. The van der Waals surface area contributed by atoms with Crippen LogP contribution < -0.4 is 0 Å². The Balaban J connectivity index is 2.08. The van der Waals surface area contributed by atoms with Crippen molar-refractivity contribution in [1.82, 2.24) is 0 Å². The van der Waals surface area contributed by atoms with Gasteiger partial charge in [0.05, 0.1) is 10.6 Å². The molecule has 0 saturated heterocycles. The molecule has 0 aromatic heterocycles. The van der Waals surface area contributed by atoms with Crippen LogP contribution >= 0.6 is 0 Å². The molecule has 1 saturated carbocycles. The van der Waals surface area contributed by atoms with Gasteiger partial charge in [-0.15, -0.1) is 0 Å². The topological polar surface area (TPSA) is 51.2 Å². The first-order chi connectivity index (χ1) is 8.12. The van der Waals surface area contributed by atoms with Crippen LogP contribution in [0.2, 0.25) is 0 Å². The maximum Gasteiger partial charge on any atom is 0.178 e. The molecule has 0 unspecified atom stereocenters. The van der Waals surface area contributed by atoms with Gasteiger partial charge in [0.15, 0.2) is 9.84 Å². The SMILES string of the molecule is O=CCCc1ccc(S(=O)(=O)CC2CC2)cc1. The summed E-state index contributed by atoms with van der Waals surface area (Å²) in [5, 5.41) is 0. The standard InChI is InChI=1S/C13H16O3S/c14-9-1-2-11-5-7-13(8-6-11)17(15,16)10-12-3-4-12/h5-9,12H,1-4,10H2. The van der Waals surface area contributed by atoms with Gasteiger partial charge in [-0.25, -0.2) is 8.42 Å². The van der Waals surface area contributed by atoms with Gasteiger partial charge in [0.1, 0.15) is 6.29 Å². The summed E-state index contributed by atoms with van der Waals surface area (Å²) in [5.74, 6) is 0.649. The first kappa shape index (κ1) is 12.3. The third kappa shape index (κ3) is 3.40. The lowest BCUT2D eigenvalue weighted by Crippen LogP contribution is -2.08. The van der Waals surface area contributed by atoms with Crippen LogP contribution in [0.5, 0.6) is 0 Å². The van der Waals surface area contributed by atoms with Crippen LogP contribution in [-0.4, -0.2) is 20.5 Å². The van der Waals surface area contributed by atoms with E-state index in [0.29, 0.717) is 23.7 Å². The molecular formula is C13H16O3S. The number of sulfone groups is 1. The van der Waals surface area contributed by atoms with Crippen LogP contribution in [0.1, 0.15) is 24.8 Å².